The lowest BCUT2D eigenvalue weighted by molar-refractivity contribution is 0.0544. The van der Waals surface area contributed by atoms with Gasteiger partial charge in [0.25, 0.3) is 0 Å². The molecule has 90 valence electrons. The van der Waals surface area contributed by atoms with Crippen molar-refractivity contribution in [3.05, 3.63) is 22.7 Å². The van der Waals surface area contributed by atoms with E-state index in [9.17, 15) is 0 Å². The van der Waals surface area contributed by atoms with Crippen LogP contribution in [0.3, 0.4) is 0 Å². The van der Waals surface area contributed by atoms with Crippen LogP contribution in [0.15, 0.2) is 22.7 Å². The summed E-state index contributed by atoms with van der Waals surface area (Å²) >= 11 is 3.38. The first kappa shape index (κ1) is 13.3. The van der Waals surface area contributed by atoms with E-state index in [1.165, 1.54) is 0 Å². The van der Waals surface area contributed by atoms with Crippen LogP contribution in [0.4, 0.5) is 5.69 Å². The normalized spacial score (nSPS) is 10.4. The summed E-state index contributed by atoms with van der Waals surface area (Å²) < 4.78 is 16.5. The number of hydrogen-bond acceptors (Lipinski definition) is 4. The Morgan fingerprint density at radius 1 is 1.19 bits per heavy atom. The Balaban J connectivity index is 2.26. The minimum Gasteiger partial charge on any atom is -0.488 e. The number of rotatable bonds is 7. The van der Waals surface area contributed by atoms with Crippen LogP contribution in [0.5, 0.6) is 5.75 Å². The third-order valence-corrected chi connectivity index (χ3v) is 2.53. The molecule has 0 fully saturated rings. The number of nitrogen functional groups attached to an aromatic ring is 1. The summed E-state index contributed by atoms with van der Waals surface area (Å²) in [6.07, 6.45) is 0. The van der Waals surface area contributed by atoms with Crippen LogP contribution in [0.2, 0.25) is 0 Å². The van der Waals surface area contributed by atoms with E-state index in [1.807, 2.05) is 12.1 Å². The van der Waals surface area contributed by atoms with Crippen LogP contribution in [0, 0.1) is 0 Å². The van der Waals surface area contributed by atoms with Crippen LogP contribution in [0.1, 0.15) is 0 Å². The minimum atomic E-state index is 0.469. The predicted molar refractivity (Wildman–Crippen MR) is 66.7 cm³/mol. The van der Waals surface area contributed by atoms with Crippen LogP contribution < -0.4 is 10.5 Å². The third-order valence-electron chi connectivity index (χ3n) is 1.90. The second-order valence-corrected chi connectivity index (χ2v) is 3.97. The first-order chi connectivity index (χ1) is 7.75. The van der Waals surface area contributed by atoms with E-state index in [1.54, 1.807) is 13.2 Å². The summed E-state index contributed by atoms with van der Waals surface area (Å²) in [5, 5.41) is 0. The fourth-order valence-corrected chi connectivity index (χ4v) is 1.62. The van der Waals surface area contributed by atoms with Crippen molar-refractivity contribution >= 4 is 21.6 Å². The molecule has 0 aliphatic heterocycles. The third kappa shape index (κ3) is 4.38. The van der Waals surface area contributed by atoms with Crippen molar-refractivity contribution < 1.29 is 14.2 Å². The molecule has 0 bridgehead atoms. The molecule has 0 aromatic heterocycles. The van der Waals surface area contributed by atoms with Crippen molar-refractivity contribution in [3.63, 3.8) is 0 Å². The maximum Gasteiger partial charge on any atom is 0.156 e. The van der Waals surface area contributed by atoms with Gasteiger partial charge in [0.15, 0.2) is 5.75 Å². The summed E-state index contributed by atoms with van der Waals surface area (Å²) in [6, 6.07) is 5.55. The highest BCUT2D eigenvalue weighted by atomic mass is 79.9. The molecule has 0 aliphatic carbocycles. The fourth-order valence-electron chi connectivity index (χ4n) is 1.12. The van der Waals surface area contributed by atoms with Gasteiger partial charge in [-0.05, 0) is 28.1 Å². The molecule has 0 saturated carbocycles. The van der Waals surface area contributed by atoms with Crippen molar-refractivity contribution in [1.82, 2.24) is 0 Å². The molecule has 0 aliphatic rings. The minimum absolute atomic E-state index is 0.469. The summed E-state index contributed by atoms with van der Waals surface area (Å²) in [6.45, 7) is 2.16. The van der Waals surface area contributed by atoms with Gasteiger partial charge in [0.05, 0.1) is 30.0 Å². The molecule has 16 heavy (non-hydrogen) atoms. The number of halogens is 1. The number of ether oxygens (including phenoxy) is 3. The first-order valence-electron chi connectivity index (χ1n) is 4.99. The average molecular weight is 290 g/mol. The Hall–Kier alpha value is -0.780. The van der Waals surface area contributed by atoms with Gasteiger partial charge >= 0.3 is 0 Å². The molecule has 0 heterocycles. The van der Waals surface area contributed by atoms with Crippen LogP contribution in [-0.2, 0) is 9.47 Å². The zero-order valence-corrected chi connectivity index (χ0v) is 10.8. The predicted octanol–water partition coefficient (Wildman–Crippen LogP) is 2.07. The number of hydrogen-bond donors (Lipinski definition) is 1. The maximum atomic E-state index is 5.77. The van der Waals surface area contributed by atoms with E-state index in [-0.39, 0.29) is 0 Å². The van der Waals surface area contributed by atoms with E-state index in [4.69, 9.17) is 19.9 Å². The van der Waals surface area contributed by atoms with Gasteiger partial charge in [-0.1, -0.05) is 6.07 Å². The van der Waals surface area contributed by atoms with Gasteiger partial charge in [-0.15, -0.1) is 0 Å². The number of methoxy groups -OCH3 is 1. The topological polar surface area (TPSA) is 53.7 Å². The Morgan fingerprint density at radius 3 is 2.62 bits per heavy atom. The lowest BCUT2D eigenvalue weighted by Crippen LogP contribution is -2.10. The quantitative estimate of drug-likeness (QED) is 0.617. The van der Waals surface area contributed by atoms with Gasteiger partial charge in [0.1, 0.15) is 6.61 Å². The van der Waals surface area contributed by atoms with Gasteiger partial charge in [0.2, 0.25) is 0 Å². The molecule has 0 atom stereocenters. The number of benzene rings is 1. The molecule has 0 spiro atoms. The van der Waals surface area contributed by atoms with Crippen LogP contribution in [-0.4, -0.2) is 33.5 Å². The van der Waals surface area contributed by atoms with Crippen molar-refractivity contribution in [2.75, 3.05) is 39.3 Å². The Labute approximate surface area is 104 Å². The van der Waals surface area contributed by atoms with Gasteiger partial charge in [-0.3, -0.25) is 0 Å². The number of nitrogens with two attached hydrogens (primary N) is 1. The molecule has 4 nitrogen and oxygen atoms in total. The van der Waals surface area contributed by atoms with E-state index >= 15 is 0 Å². The molecule has 5 heteroatoms. The molecular formula is C11H16BrNO3. The number of para-hydroxylation sites is 1. The average Bonchev–Trinajstić information content (AvgIpc) is 2.26. The monoisotopic (exact) mass is 289 g/mol. The lowest BCUT2D eigenvalue weighted by atomic mass is 10.3. The SMILES string of the molecule is COCCOCCOc1c(N)cccc1Br. The van der Waals surface area contributed by atoms with Crippen molar-refractivity contribution in [1.29, 1.82) is 0 Å². The van der Waals surface area contributed by atoms with Crippen molar-refractivity contribution in [2.24, 2.45) is 0 Å². The van der Waals surface area contributed by atoms with Crippen molar-refractivity contribution in [3.8, 4) is 5.75 Å². The highest BCUT2D eigenvalue weighted by Gasteiger charge is 2.04. The van der Waals surface area contributed by atoms with E-state index in [0.29, 0.717) is 37.9 Å². The summed E-state index contributed by atoms with van der Waals surface area (Å²) in [4.78, 5) is 0. The van der Waals surface area contributed by atoms with E-state index in [0.717, 1.165) is 4.47 Å². The molecule has 2 N–H and O–H groups in total. The molecule has 1 aromatic carbocycles. The maximum absolute atomic E-state index is 5.77. The smallest absolute Gasteiger partial charge is 0.156 e. The fraction of sp³-hybridized carbons (Fsp3) is 0.455. The second-order valence-electron chi connectivity index (χ2n) is 3.11. The van der Waals surface area contributed by atoms with Gasteiger partial charge in [-0.25, -0.2) is 0 Å². The highest BCUT2D eigenvalue weighted by molar-refractivity contribution is 9.10. The van der Waals surface area contributed by atoms with Crippen LogP contribution >= 0.6 is 15.9 Å². The molecular weight excluding hydrogens is 274 g/mol. The van der Waals surface area contributed by atoms with Crippen LogP contribution in [0.25, 0.3) is 0 Å². The Kier molecular flexibility index (Phi) is 6.22. The zero-order valence-electron chi connectivity index (χ0n) is 9.24. The van der Waals surface area contributed by atoms with E-state index < -0.39 is 0 Å². The second kappa shape index (κ2) is 7.49. The largest absolute Gasteiger partial charge is 0.488 e. The first-order valence-corrected chi connectivity index (χ1v) is 5.78. The van der Waals surface area contributed by atoms with Gasteiger partial charge in [-0.2, -0.15) is 0 Å². The van der Waals surface area contributed by atoms with E-state index in [2.05, 4.69) is 15.9 Å². The molecule has 0 unspecified atom stereocenters. The van der Waals surface area contributed by atoms with Gasteiger partial charge in [0, 0.05) is 7.11 Å². The Bertz CT molecular complexity index is 300. The molecule has 1 aromatic rings. The highest BCUT2D eigenvalue weighted by Crippen LogP contribution is 2.30. The lowest BCUT2D eigenvalue weighted by Gasteiger charge is -2.10. The molecule has 0 amide bonds. The molecule has 0 saturated heterocycles. The van der Waals surface area contributed by atoms with Crippen molar-refractivity contribution in [2.45, 2.75) is 0 Å². The summed E-state index contributed by atoms with van der Waals surface area (Å²) in [5.41, 5.74) is 6.38. The Morgan fingerprint density at radius 2 is 1.94 bits per heavy atom. The molecule has 0 radical (unpaired) electrons. The van der Waals surface area contributed by atoms with Gasteiger partial charge < -0.3 is 19.9 Å². The summed E-state index contributed by atoms with van der Waals surface area (Å²) in [5.74, 6) is 0.665. The summed E-state index contributed by atoms with van der Waals surface area (Å²) in [7, 11) is 1.64. The molecule has 1 rings (SSSR count). The zero-order chi connectivity index (χ0) is 11.8. The number of anilines is 1. The standard InChI is InChI=1S/C11H16BrNO3/c1-14-5-6-15-7-8-16-11-9(12)3-2-4-10(11)13/h2-4H,5-8,13H2,1H3.